The lowest BCUT2D eigenvalue weighted by atomic mass is 10.0. The number of hydrogen-bond acceptors (Lipinski definition) is 3. The van der Waals surface area contributed by atoms with Gasteiger partial charge in [0.1, 0.15) is 0 Å². The summed E-state index contributed by atoms with van der Waals surface area (Å²) in [6, 6.07) is 5.89. The van der Waals surface area contributed by atoms with Crippen LogP contribution in [-0.4, -0.2) is 38.1 Å². The molecule has 0 saturated heterocycles. The number of hydrogen-bond donors (Lipinski definition) is 0. The van der Waals surface area contributed by atoms with Gasteiger partial charge in [0.05, 0.1) is 12.7 Å². The molecule has 3 nitrogen and oxygen atoms in total. The number of carbonyl (C=O) groups is 1. The van der Waals surface area contributed by atoms with Gasteiger partial charge in [-0.1, -0.05) is 6.07 Å². The van der Waals surface area contributed by atoms with Gasteiger partial charge in [0.2, 0.25) is 0 Å². The van der Waals surface area contributed by atoms with Crippen molar-refractivity contribution in [3.8, 4) is 0 Å². The number of nitrogens with zero attached hydrogens (tertiary/aromatic N) is 1. The van der Waals surface area contributed by atoms with Crippen LogP contribution in [0.15, 0.2) is 18.2 Å². The maximum absolute atomic E-state index is 11.4. The van der Waals surface area contributed by atoms with Crippen LogP contribution >= 0.6 is 0 Å². The fourth-order valence-corrected chi connectivity index (χ4v) is 2.08. The van der Waals surface area contributed by atoms with Gasteiger partial charge in [0, 0.05) is 13.1 Å². The maximum atomic E-state index is 11.4. The Morgan fingerprint density at radius 2 is 1.94 bits per heavy atom. The van der Waals surface area contributed by atoms with Crippen molar-refractivity contribution in [1.29, 1.82) is 0 Å². The smallest absolute Gasteiger partial charge is 0.337 e. The van der Waals surface area contributed by atoms with Crippen LogP contribution in [-0.2, 0) is 17.6 Å². The topological polar surface area (TPSA) is 29.5 Å². The zero-order chi connectivity index (χ0) is 11.5. The van der Waals surface area contributed by atoms with Crippen LogP contribution < -0.4 is 0 Å². The Bertz CT molecular complexity index is 401. The first-order chi connectivity index (χ1) is 7.70. The van der Waals surface area contributed by atoms with E-state index in [2.05, 4.69) is 18.0 Å². The third-order valence-electron chi connectivity index (χ3n) is 3.15. The molecule has 0 unspecified atom stereocenters. The average Bonchev–Trinajstić information content (AvgIpc) is 2.50. The molecule has 1 heterocycles. The molecule has 0 aliphatic carbocycles. The molecule has 0 saturated carbocycles. The molecule has 0 bridgehead atoms. The fourth-order valence-electron chi connectivity index (χ4n) is 2.08. The van der Waals surface area contributed by atoms with E-state index in [1.165, 1.54) is 18.2 Å². The van der Waals surface area contributed by atoms with Crippen LogP contribution in [0.1, 0.15) is 21.5 Å². The fraction of sp³-hybridized carbons (Fsp3) is 0.462. The Hall–Kier alpha value is -1.35. The van der Waals surface area contributed by atoms with Gasteiger partial charge in [0.15, 0.2) is 0 Å². The Balaban J connectivity index is 2.28. The predicted octanol–water partition coefficient (Wildman–Crippen LogP) is 1.50. The molecule has 16 heavy (non-hydrogen) atoms. The molecule has 0 radical (unpaired) electrons. The van der Waals surface area contributed by atoms with Gasteiger partial charge in [-0.3, -0.25) is 0 Å². The van der Waals surface area contributed by atoms with Gasteiger partial charge in [-0.25, -0.2) is 4.79 Å². The van der Waals surface area contributed by atoms with Crippen LogP contribution in [0.3, 0.4) is 0 Å². The second-order valence-corrected chi connectivity index (χ2v) is 4.28. The van der Waals surface area contributed by atoms with Crippen molar-refractivity contribution in [2.75, 3.05) is 27.2 Å². The summed E-state index contributed by atoms with van der Waals surface area (Å²) in [4.78, 5) is 13.7. The van der Waals surface area contributed by atoms with Crippen molar-refractivity contribution in [2.24, 2.45) is 0 Å². The standard InChI is InChI=1S/C13H17NO2/c1-14-7-5-10-3-4-12(13(15)16-2)9-11(10)6-8-14/h3-4,9H,5-8H2,1-2H3. The number of methoxy groups -OCH3 is 1. The Morgan fingerprint density at radius 3 is 2.62 bits per heavy atom. The highest BCUT2D eigenvalue weighted by Gasteiger charge is 2.13. The van der Waals surface area contributed by atoms with Crippen LogP contribution in [0.5, 0.6) is 0 Å². The lowest BCUT2D eigenvalue weighted by molar-refractivity contribution is 0.0600. The molecule has 0 amide bonds. The summed E-state index contributed by atoms with van der Waals surface area (Å²) < 4.78 is 4.73. The van der Waals surface area contributed by atoms with Gasteiger partial charge in [-0.05, 0) is 43.1 Å². The summed E-state index contributed by atoms with van der Waals surface area (Å²) >= 11 is 0. The Labute approximate surface area is 96.0 Å². The molecule has 0 fully saturated rings. The zero-order valence-electron chi connectivity index (χ0n) is 9.82. The third-order valence-corrected chi connectivity index (χ3v) is 3.15. The minimum Gasteiger partial charge on any atom is -0.465 e. The number of esters is 1. The van der Waals surface area contributed by atoms with Gasteiger partial charge in [-0.2, -0.15) is 0 Å². The van der Waals surface area contributed by atoms with E-state index < -0.39 is 0 Å². The second kappa shape index (κ2) is 4.66. The Kier molecular flexibility index (Phi) is 3.25. The molecule has 0 spiro atoms. The van der Waals surface area contributed by atoms with Crippen molar-refractivity contribution in [2.45, 2.75) is 12.8 Å². The summed E-state index contributed by atoms with van der Waals surface area (Å²) in [5, 5.41) is 0. The predicted molar refractivity (Wildman–Crippen MR) is 62.7 cm³/mol. The minimum absolute atomic E-state index is 0.250. The molecule has 3 heteroatoms. The minimum atomic E-state index is -0.250. The number of carbonyl (C=O) groups excluding carboxylic acids is 1. The number of fused-ring (bicyclic) bond motifs is 1. The molecule has 86 valence electrons. The van der Waals surface area contributed by atoms with Gasteiger partial charge < -0.3 is 9.64 Å². The first-order valence-electron chi connectivity index (χ1n) is 5.59. The molecule has 1 aliphatic heterocycles. The van der Waals surface area contributed by atoms with Crippen molar-refractivity contribution in [3.05, 3.63) is 34.9 Å². The maximum Gasteiger partial charge on any atom is 0.337 e. The van der Waals surface area contributed by atoms with E-state index in [-0.39, 0.29) is 5.97 Å². The van der Waals surface area contributed by atoms with Crippen LogP contribution in [0, 0.1) is 0 Å². The summed E-state index contributed by atoms with van der Waals surface area (Å²) in [7, 11) is 3.55. The molecular formula is C13H17NO2. The summed E-state index contributed by atoms with van der Waals surface area (Å²) in [6.07, 6.45) is 2.07. The molecule has 0 atom stereocenters. The molecule has 1 aromatic carbocycles. The molecule has 2 rings (SSSR count). The number of benzene rings is 1. The second-order valence-electron chi connectivity index (χ2n) is 4.28. The highest BCUT2D eigenvalue weighted by atomic mass is 16.5. The lowest BCUT2D eigenvalue weighted by Crippen LogP contribution is -2.20. The number of likely N-dealkylation sites (N-methyl/N-ethyl adjacent to an activating group) is 1. The molecule has 1 aromatic rings. The number of rotatable bonds is 1. The molecule has 0 N–H and O–H groups in total. The zero-order valence-corrected chi connectivity index (χ0v) is 9.82. The first-order valence-corrected chi connectivity index (χ1v) is 5.59. The highest BCUT2D eigenvalue weighted by molar-refractivity contribution is 5.89. The van der Waals surface area contributed by atoms with E-state index in [4.69, 9.17) is 4.74 Å². The monoisotopic (exact) mass is 219 g/mol. The van der Waals surface area contributed by atoms with Crippen molar-refractivity contribution in [1.82, 2.24) is 4.90 Å². The van der Waals surface area contributed by atoms with Crippen LogP contribution in [0.4, 0.5) is 0 Å². The van der Waals surface area contributed by atoms with E-state index in [1.54, 1.807) is 0 Å². The largest absolute Gasteiger partial charge is 0.465 e. The van der Waals surface area contributed by atoms with Crippen molar-refractivity contribution < 1.29 is 9.53 Å². The van der Waals surface area contributed by atoms with E-state index in [0.717, 1.165) is 25.9 Å². The van der Waals surface area contributed by atoms with Crippen LogP contribution in [0.25, 0.3) is 0 Å². The summed E-state index contributed by atoms with van der Waals surface area (Å²) in [5.41, 5.74) is 3.30. The van der Waals surface area contributed by atoms with E-state index >= 15 is 0 Å². The van der Waals surface area contributed by atoms with Gasteiger partial charge in [-0.15, -0.1) is 0 Å². The lowest BCUT2D eigenvalue weighted by Gasteiger charge is -2.10. The van der Waals surface area contributed by atoms with Crippen molar-refractivity contribution >= 4 is 5.97 Å². The summed E-state index contributed by atoms with van der Waals surface area (Å²) in [5.74, 6) is -0.250. The molecule has 0 aromatic heterocycles. The number of ether oxygens (including phenoxy) is 1. The normalized spacial score (nSPS) is 16.4. The highest BCUT2D eigenvalue weighted by Crippen LogP contribution is 2.17. The van der Waals surface area contributed by atoms with Crippen LogP contribution in [0.2, 0.25) is 0 Å². The van der Waals surface area contributed by atoms with Gasteiger partial charge >= 0.3 is 5.97 Å². The van der Waals surface area contributed by atoms with Gasteiger partial charge in [0.25, 0.3) is 0 Å². The molecule has 1 aliphatic rings. The first kappa shape index (κ1) is 11.1. The average molecular weight is 219 g/mol. The third kappa shape index (κ3) is 2.25. The molecular weight excluding hydrogens is 202 g/mol. The summed E-state index contributed by atoms with van der Waals surface area (Å²) in [6.45, 7) is 2.14. The van der Waals surface area contributed by atoms with Crippen molar-refractivity contribution in [3.63, 3.8) is 0 Å². The van der Waals surface area contributed by atoms with E-state index in [9.17, 15) is 4.79 Å². The quantitative estimate of drug-likeness (QED) is 0.670. The van der Waals surface area contributed by atoms with E-state index in [0.29, 0.717) is 5.56 Å². The Morgan fingerprint density at radius 1 is 1.25 bits per heavy atom. The van der Waals surface area contributed by atoms with E-state index in [1.807, 2.05) is 12.1 Å². The SMILES string of the molecule is COC(=O)c1ccc2c(c1)CCN(C)CC2.